The molecular formula is C27H22N6O4S. The second-order valence-corrected chi connectivity index (χ2v) is 10.1. The molecule has 1 fully saturated rings. The van der Waals surface area contributed by atoms with E-state index in [9.17, 15) is 19.7 Å². The van der Waals surface area contributed by atoms with Crippen LogP contribution >= 0.6 is 11.3 Å². The van der Waals surface area contributed by atoms with Gasteiger partial charge in [0.05, 0.1) is 9.46 Å². The van der Waals surface area contributed by atoms with Crippen LogP contribution in [-0.2, 0) is 11.3 Å². The summed E-state index contributed by atoms with van der Waals surface area (Å²) >= 11 is 1.15. The number of non-ortho nitro benzene ring substituents is 1. The lowest BCUT2D eigenvalue weighted by Crippen LogP contribution is -2.67. The molecule has 0 spiro atoms. The molecule has 6 rings (SSSR count). The fourth-order valence-corrected chi connectivity index (χ4v) is 6.36. The van der Waals surface area contributed by atoms with E-state index >= 15 is 0 Å². The second-order valence-electron chi connectivity index (χ2n) is 9.12. The molecule has 3 heterocycles. The van der Waals surface area contributed by atoms with E-state index < -0.39 is 16.2 Å². The molecule has 10 nitrogen and oxygen atoms in total. The number of hydrogen-bond donors (Lipinski definition) is 1. The smallest absolute Gasteiger partial charge is 0.295 e. The van der Waals surface area contributed by atoms with Gasteiger partial charge >= 0.3 is 6.03 Å². The zero-order valence-electron chi connectivity index (χ0n) is 20.4. The van der Waals surface area contributed by atoms with Crippen molar-refractivity contribution in [2.45, 2.75) is 11.3 Å². The Morgan fingerprint density at radius 2 is 1.58 bits per heavy atom. The SMILES string of the molecule is CN1C(=O)N(C)[C@]2(c3ccccc3)Nn3c(s/c(=C\c4cccc([N+](=O)[O-])c4)c3=O)=N[C@@]12c1ccccc1. The van der Waals surface area contributed by atoms with Crippen LogP contribution < -0.4 is 20.3 Å². The van der Waals surface area contributed by atoms with E-state index in [1.807, 2.05) is 60.7 Å². The zero-order chi connectivity index (χ0) is 26.7. The predicted molar refractivity (Wildman–Crippen MR) is 143 cm³/mol. The topological polar surface area (TPSA) is 113 Å². The quantitative estimate of drug-likeness (QED) is 0.324. The largest absolute Gasteiger partial charge is 0.324 e. The predicted octanol–water partition coefficient (Wildman–Crippen LogP) is 2.53. The zero-order valence-corrected chi connectivity index (χ0v) is 21.3. The molecule has 1 saturated heterocycles. The molecule has 0 saturated carbocycles. The minimum atomic E-state index is -1.26. The van der Waals surface area contributed by atoms with Crippen molar-refractivity contribution in [3.63, 3.8) is 0 Å². The fourth-order valence-electron chi connectivity index (χ4n) is 5.40. The number of fused-ring (bicyclic) bond motifs is 2. The van der Waals surface area contributed by atoms with Gasteiger partial charge in [-0.15, -0.1) is 0 Å². The first kappa shape index (κ1) is 23.6. The van der Waals surface area contributed by atoms with Crippen LogP contribution in [0.25, 0.3) is 6.08 Å². The summed E-state index contributed by atoms with van der Waals surface area (Å²) in [5.41, 5.74) is 2.50. The van der Waals surface area contributed by atoms with Gasteiger partial charge in [0.25, 0.3) is 11.2 Å². The van der Waals surface area contributed by atoms with Gasteiger partial charge in [0, 0.05) is 37.4 Å². The first-order valence-electron chi connectivity index (χ1n) is 11.8. The summed E-state index contributed by atoms with van der Waals surface area (Å²) in [5, 5.41) is 11.2. The van der Waals surface area contributed by atoms with Crippen molar-refractivity contribution in [2.24, 2.45) is 4.99 Å². The summed E-state index contributed by atoms with van der Waals surface area (Å²) in [6, 6.07) is 24.8. The number of rotatable bonds is 4. The van der Waals surface area contributed by atoms with Gasteiger partial charge in [0.1, 0.15) is 0 Å². The van der Waals surface area contributed by atoms with Crippen molar-refractivity contribution >= 4 is 29.1 Å². The van der Waals surface area contributed by atoms with Crippen LogP contribution in [0, 0.1) is 10.1 Å². The van der Waals surface area contributed by atoms with E-state index in [0.29, 0.717) is 14.9 Å². The molecule has 2 aliphatic rings. The van der Waals surface area contributed by atoms with Gasteiger partial charge in [-0.1, -0.05) is 84.1 Å². The minimum Gasteiger partial charge on any atom is -0.295 e. The number of nitrogens with zero attached hydrogens (tertiary/aromatic N) is 5. The highest BCUT2D eigenvalue weighted by Crippen LogP contribution is 2.53. The number of amides is 2. The van der Waals surface area contributed by atoms with E-state index in [-0.39, 0.29) is 17.3 Å². The van der Waals surface area contributed by atoms with Crippen molar-refractivity contribution in [2.75, 3.05) is 19.5 Å². The lowest BCUT2D eigenvalue weighted by atomic mass is 9.80. The van der Waals surface area contributed by atoms with Gasteiger partial charge in [-0.25, -0.2) is 9.79 Å². The van der Waals surface area contributed by atoms with Crippen molar-refractivity contribution in [1.29, 1.82) is 0 Å². The van der Waals surface area contributed by atoms with Gasteiger partial charge in [-0.3, -0.25) is 30.1 Å². The normalized spacial score (nSPS) is 22.5. The molecule has 0 radical (unpaired) electrons. The Hall–Kier alpha value is -4.77. The summed E-state index contributed by atoms with van der Waals surface area (Å²) in [5.74, 6) is 0. The Labute approximate surface area is 220 Å². The second kappa shape index (κ2) is 8.38. The van der Waals surface area contributed by atoms with Gasteiger partial charge in [-0.2, -0.15) is 4.68 Å². The van der Waals surface area contributed by atoms with Crippen LogP contribution in [0.5, 0.6) is 0 Å². The lowest BCUT2D eigenvalue weighted by Gasteiger charge is -2.49. The van der Waals surface area contributed by atoms with E-state index in [1.165, 1.54) is 16.8 Å². The summed E-state index contributed by atoms with van der Waals surface area (Å²) in [6.45, 7) is 0. The molecule has 2 amide bonds. The van der Waals surface area contributed by atoms with Crippen molar-refractivity contribution in [3.8, 4) is 0 Å². The number of nitrogens with one attached hydrogen (secondary N) is 1. The van der Waals surface area contributed by atoms with E-state index in [2.05, 4.69) is 5.43 Å². The van der Waals surface area contributed by atoms with E-state index in [1.54, 1.807) is 42.1 Å². The molecule has 0 unspecified atom stereocenters. The fraction of sp³-hybridized carbons (Fsp3) is 0.148. The number of nitro groups is 1. The van der Waals surface area contributed by atoms with Gasteiger partial charge in [0.2, 0.25) is 16.1 Å². The number of carbonyl (C=O) groups is 1. The minimum absolute atomic E-state index is 0.0645. The maximum absolute atomic E-state index is 13.7. The number of nitro benzene ring substituents is 1. The highest BCUT2D eigenvalue weighted by atomic mass is 32.1. The van der Waals surface area contributed by atoms with Gasteiger partial charge in [-0.05, 0) is 11.6 Å². The Morgan fingerprint density at radius 1 is 0.921 bits per heavy atom. The highest BCUT2D eigenvalue weighted by Gasteiger charge is 2.69. The summed E-state index contributed by atoms with van der Waals surface area (Å²) in [6.07, 6.45) is 1.61. The molecule has 2 aliphatic heterocycles. The van der Waals surface area contributed by atoms with Gasteiger partial charge in [0.15, 0.2) is 0 Å². The molecule has 11 heteroatoms. The van der Waals surface area contributed by atoms with Crippen molar-refractivity contribution in [3.05, 3.63) is 131 Å². The number of urea groups is 1. The molecule has 4 aromatic rings. The van der Waals surface area contributed by atoms with Crippen molar-refractivity contribution in [1.82, 2.24) is 14.5 Å². The Morgan fingerprint density at radius 3 is 2.24 bits per heavy atom. The third kappa shape index (κ3) is 3.08. The van der Waals surface area contributed by atoms with E-state index in [0.717, 1.165) is 22.5 Å². The summed E-state index contributed by atoms with van der Waals surface area (Å²) in [7, 11) is 3.40. The summed E-state index contributed by atoms with van der Waals surface area (Å²) < 4.78 is 1.71. The molecule has 190 valence electrons. The number of likely N-dealkylation sites (N-methyl/N-ethyl adjacent to an activating group) is 2. The number of benzene rings is 3. The van der Waals surface area contributed by atoms with Crippen LogP contribution in [0.4, 0.5) is 10.5 Å². The Balaban J connectivity index is 1.67. The van der Waals surface area contributed by atoms with Crippen LogP contribution in [0.3, 0.4) is 0 Å². The van der Waals surface area contributed by atoms with Crippen LogP contribution in [-0.4, -0.2) is 39.5 Å². The lowest BCUT2D eigenvalue weighted by molar-refractivity contribution is -0.384. The number of thiazole rings is 1. The van der Waals surface area contributed by atoms with E-state index in [4.69, 9.17) is 4.99 Å². The standard InChI is InChI=1S/C27H22N6O4S/c1-30-25(35)31(2)27(20-13-7-4-8-14-20)26(30,19-11-5-3-6-12-19)28-24-32(29-27)23(34)22(38-24)17-18-10-9-15-21(16-18)33(36)37/h3-17,29H,1-2H3/b22-17-/t26-,27-/m0/s1. The maximum atomic E-state index is 13.7. The third-order valence-corrected chi connectivity index (χ3v) is 8.12. The van der Waals surface area contributed by atoms with Crippen molar-refractivity contribution < 1.29 is 9.72 Å². The Bertz CT molecular complexity index is 1770. The molecule has 2 atom stereocenters. The highest BCUT2D eigenvalue weighted by molar-refractivity contribution is 7.07. The number of aromatic nitrogens is 1. The van der Waals surface area contributed by atoms with Gasteiger partial charge < -0.3 is 0 Å². The van der Waals surface area contributed by atoms with Crippen LogP contribution in [0.2, 0.25) is 0 Å². The first-order valence-corrected chi connectivity index (χ1v) is 12.6. The monoisotopic (exact) mass is 526 g/mol. The maximum Gasteiger partial charge on any atom is 0.324 e. The average molecular weight is 527 g/mol. The third-order valence-electron chi connectivity index (χ3n) is 7.15. The molecule has 38 heavy (non-hydrogen) atoms. The molecule has 3 aromatic carbocycles. The first-order chi connectivity index (χ1) is 18.3. The molecule has 1 aromatic heterocycles. The molecular weight excluding hydrogens is 504 g/mol. The number of hydrogen-bond acceptors (Lipinski definition) is 7. The molecule has 0 aliphatic carbocycles. The summed E-state index contributed by atoms with van der Waals surface area (Å²) in [4.78, 5) is 46.7. The Kier molecular flexibility index (Phi) is 5.21. The van der Waals surface area contributed by atoms with Crippen LogP contribution in [0.15, 0.2) is 94.7 Å². The molecule has 1 N–H and O–H groups in total. The molecule has 0 bridgehead atoms. The average Bonchev–Trinajstić information content (AvgIpc) is 3.33. The number of carbonyl (C=O) groups excluding carboxylic acids is 1. The van der Waals surface area contributed by atoms with Crippen LogP contribution in [0.1, 0.15) is 16.7 Å².